The number of anilines is 1. The number of hydrogen-bond donors (Lipinski definition) is 1. The van der Waals surface area contributed by atoms with Crippen molar-refractivity contribution in [2.24, 2.45) is 0 Å². The van der Waals surface area contributed by atoms with E-state index in [1.165, 1.54) is 0 Å². The number of benzene rings is 1. The van der Waals surface area contributed by atoms with Crippen LogP contribution >= 0.6 is 0 Å². The van der Waals surface area contributed by atoms with Crippen LogP contribution in [-0.2, 0) is 17.9 Å². The Morgan fingerprint density at radius 1 is 1.18 bits per heavy atom. The average Bonchev–Trinajstić information content (AvgIpc) is 3.34. The van der Waals surface area contributed by atoms with Crippen LogP contribution in [0.3, 0.4) is 0 Å². The highest BCUT2D eigenvalue weighted by Gasteiger charge is 2.10. The van der Waals surface area contributed by atoms with Crippen LogP contribution in [0.25, 0.3) is 22.0 Å². The van der Waals surface area contributed by atoms with Gasteiger partial charge < -0.3 is 14.6 Å². The molecule has 0 aliphatic heterocycles. The lowest BCUT2D eigenvalue weighted by Gasteiger charge is -2.07. The number of methoxy groups -OCH3 is 1. The van der Waals surface area contributed by atoms with Crippen molar-refractivity contribution in [1.82, 2.24) is 24.5 Å². The van der Waals surface area contributed by atoms with Crippen LogP contribution in [0.1, 0.15) is 6.92 Å². The van der Waals surface area contributed by atoms with Crippen LogP contribution < -0.4 is 10.1 Å². The third-order valence-electron chi connectivity index (χ3n) is 4.49. The number of nitrogens with one attached hydrogen (secondary N) is 1. The molecule has 0 spiro atoms. The molecule has 0 saturated heterocycles. The first-order valence-electron chi connectivity index (χ1n) is 8.95. The maximum atomic E-state index is 12.3. The molecule has 0 aliphatic rings. The predicted molar refractivity (Wildman–Crippen MR) is 106 cm³/mol. The van der Waals surface area contributed by atoms with Crippen molar-refractivity contribution in [2.75, 3.05) is 12.4 Å². The molecule has 4 rings (SSSR count). The molecule has 0 fully saturated rings. The molecule has 1 aromatic carbocycles. The monoisotopic (exact) mass is 376 g/mol. The van der Waals surface area contributed by atoms with Crippen LogP contribution in [-0.4, -0.2) is 37.6 Å². The van der Waals surface area contributed by atoms with Gasteiger partial charge >= 0.3 is 0 Å². The smallest absolute Gasteiger partial charge is 0.245 e. The molecule has 8 heteroatoms. The molecule has 3 aromatic heterocycles. The Labute approximate surface area is 161 Å². The van der Waals surface area contributed by atoms with Crippen molar-refractivity contribution < 1.29 is 9.53 Å². The van der Waals surface area contributed by atoms with Gasteiger partial charge in [-0.05, 0) is 36.8 Å². The Kier molecular flexibility index (Phi) is 4.76. The Bertz CT molecular complexity index is 1110. The van der Waals surface area contributed by atoms with Crippen molar-refractivity contribution in [3.05, 3.63) is 55.0 Å². The Morgan fingerprint density at radius 2 is 2.04 bits per heavy atom. The van der Waals surface area contributed by atoms with Crippen LogP contribution in [0, 0.1) is 0 Å². The molecule has 0 atom stereocenters. The highest BCUT2D eigenvalue weighted by molar-refractivity contribution is 5.92. The number of pyridine rings is 1. The highest BCUT2D eigenvalue weighted by Crippen LogP contribution is 2.25. The van der Waals surface area contributed by atoms with Gasteiger partial charge in [0.15, 0.2) is 5.82 Å². The minimum Gasteiger partial charge on any atom is -0.481 e. The van der Waals surface area contributed by atoms with E-state index in [-0.39, 0.29) is 12.5 Å². The minimum absolute atomic E-state index is 0.149. The SMILES string of the molecule is CCn1cc(NC(=O)Cn2ccc3cc(-c4ccc(OC)nc4)ccc32)nn1. The summed E-state index contributed by atoms with van der Waals surface area (Å²) in [6.07, 6.45) is 5.40. The quantitative estimate of drug-likeness (QED) is 0.559. The average molecular weight is 376 g/mol. The lowest BCUT2D eigenvalue weighted by molar-refractivity contribution is -0.116. The van der Waals surface area contributed by atoms with E-state index in [0.29, 0.717) is 18.2 Å². The Hall–Kier alpha value is -3.68. The van der Waals surface area contributed by atoms with E-state index in [0.717, 1.165) is 22.0 Å². The maximum Gasteiger partial charge on any atom is 0.245 e. The summed E-state index contributed by atoms with van der Waals surface area (Å²) in [5.74, 6) is 0.891. The molecule has 28 heavy (non-hydrogen) atoms. The fourth-order valence-corrected chi connectivity index (χ4v) is 3.04. The van der Waals surface area contributed by atoms with Gasteiger partial charge in [-0.25, -0.2) is 4.98 Å². The van der Waals surface area contributed by atoms with E-state index in [2.05, 4.69) is 26.7 Å². The number of rotatable bonds is 6. The lowest BCUT2D eigenvalue weighted by atomic mass is 10.1. The number of carbonyl (C=O) groups excluding carboxylic acids is 1. The van der Waals surface area contributed by atoms with Crippen LogP contribution in [0.4, 0.5) is 5.82 Å². The van der Waals surface area contributed by atoms with Gasteiger partial charge in [-0.3, -0.25) is 9.48 Å². The van der Waals surface area contributed by atoms with E-state index in [1.807, 2.05) is 48.0 Å². The number of amides is 1. The highest BCUT2D eigenvalue weighted by atomic mass is 16.5. The summed E-state index contributed by atoms with van der Waals surface area (Å²) in [5, 5.41) is 11.7. The Morgan fingerprint density at radius 3 is 2.75 bits per heavy atom. The third-order valence-corrected chi connectivity index (χ3v) is 4.49. The van der Waals surface area contributed by atoms with E-state index < -0.39 is 0 Å². The molecule has 142 valence electrons. The minimum atomic E-state index is -0.149. The third kappa shape index (κ3) is 3.57. The van der Waals surface area contributed by atoms with Crippen LogP contribution in [0.15, 0.2) is 55.0 Å². The normalized spacial score (nSPS) is 10.9. The summed E-state index contributed by atoms with van der Waals surface area (Å²) in [7, 11) is 1.60. The number of nitrogens with zero attached hydrogens (tertiary/aromatic N) is 5. The second-order valence-electron chi connectivity index (χ2n) is 6.31. The molecule has 1 amide bonds. The van der Waals surface area contributed by atoms with Crippen molar-refractivity contribution in [3.8, 4) is 17.0 Å². The van der Waals surface area contributed by atoms with Gasteiger partial charge in [0.2, 0.25) is 11.8 Å². The largest absolute Gasteiger partial charge is 0.481 e. The molecule has 1 N–H and O–H groups in total. The standard InChI is InChI=1S/C20H20N6O2/c1-3-26-12-18(23-24-26)22-19(27)13-25-9-8-15-10-14(4-6-17(15)25)16-5-7-20(28-2)21-11-16/h4-12H,3,13H2,1-2H3,(H,22,27). The fraction of sp³-hybridized carbons (Fsp3) is 0.200. The summed E-state index contributed by atoms with van der Waals surface area (Å²) >= 11 is 0. The molecule has 8 nitrogen and oxygen atoms in total. The van der Waals surface area contributed by atoms with Gasteiger partial charge in [0.05, 0.1) is 13.3 Å². The molecule has 0 aliphatic carbocycles. The number of carbonyl (C=O) groups is 1. The van der Waals surface area contributed by atoms with Crippen LogP contribution in [0.2, 0.25) is 0 Å². The van der Waals surface area contributed by atoms with E-state index in [9.17, 15) is 4.79 Å². The van der Waals surface area contributed by atoms with Crippen molar-refractivity contribution in [2.45, 2.75) is 20.0 Å². The lowest BCUT2D eigenvalue weighted by Crippen LogP contribution is -2.18. The molecule has 0 unspecified atom stereocenters. The van der Waals surface area contributed by atoms with Gasteiger partial charge in [0.25, 0.3) is 0 Å². The number of hydrogen-bond acceptors (Lipinski definition) is 5. The summed E-state index contributed by atoms with van der Waals surface area (Å²) < 4.78 is 8.67. The van der Waals surface area contributed by atoms with E-state index in [4.69, 9.17) is 4.74 Å². The summed E-state index contributed by atoms with van der Waals surface area (Å²) in [6.45, 7) is 2.87. The molecule has 0 radical (unpaired) electrons. The first-order valence-corrected chi connectivity index (χ1v) is 8.95. The molecule has 0 saturated carbocycles. The summed E-state index contributed by atoms with van der Waals surface area (Å²) in [4.78, 5) is 16.6. The number of aryl methyl sites for hydroxylation is 1. The zero-order valence-corrected chi connectivity index (χ0v) is 15.7. The number of ether oxygens (including phenoxy) is 1. The molecule has 3 heterocycles. The first kappa shape index (κ1) is 17.7. The molecular weight excluding hydrogens is 356 g/mol. The zero-order chi connectivity index (χ0) is 19.5. The van der Waals surface area contributed by atoms with E-state index in [1.54, 1.807) is 24.2 Å². The number of fused-ring (bicyclic) bond motifs is 1. The summed E-state index contributed by atoms with van der Waals surface area (Å²) in [6, 6.07) is 11.9. The second-order valence-corrected chi connectivity index (χ2v) is 6.31. The number of aromatic nitrogens is 5. The van der Waals surface area contributed by atoms with Crippen molar-refractivity contribution >= 4 is 22.6 Å². The molecular formula is C20H20N6O2. The zero-order valence-electron chi connectivity index (χ0n) is 15.7. The second kappa shape index (κ2) is 7.51. The summed E-state index contributed by atoms with van der Waals surface area (Å²) in [5.41, 5.74) is 3.05. The molecule has 4 aromatic rings. The maximum absolute atomic E-state index is 12.3. The van der Waals surface area contributed by atoms with Gasteiger partial charge in [-0.1, -0.05) is 11.3 Å². The first-order chi connectivity index (χ1) is 13.7. The van der Waals surface area contributed by atoms with E-state index >= 15 is 0 Å². The van der Waals surface area contributed by atoms with Gasteiger partial charge in [0.1, 0.15) is 6.54 Å². The fourth-order valence-electron chi connectivity index (χ4n) is 3.04. The van der Waals surface area contributed by atoms with Gasteiger partial charge in [0, 0.05) is 41.5 Å². The van der Waals surface area contributed by atoms with Crippen molar-refractivity contribution in [1.29, 1.82) is 0 Å². The molecule has 0 bridgehead atoms. The Balaban J connectivity index is 1.51. The van der Waals surface area contributed by atoms with Crippen LogP contribution in [0.5, 0.6) is 5.88 Å². The van der Waals surface area contributed by atoms with Crippen molar-refractivity contribution in [3.63, 3.8) is 0 Å². The van der Waals surface area contributed by atoms with Gasteiger partial charge in [-0.2, -0.15) is 0 Å². The van der Waals surface area contributed by atoms with Gasteiger partial charge in [-0.15, -0.1) is 5.10 Å². The predicted octanol–water partition coefficient (Wildman–Crippen LogP) is 2.96. The topological polar surface area (TPSA) is 86.9 Å².